The molecule has 1 aromatic carbocycles. The van der Waals surface area contributed by atoms with E-state index in [1.54, 1.807) is 6.20 Å². The van der Waals surface area contributed by atoms with E-state index in [1.807, 2.05) is 31.3 Å². The number of amides is 1. The molecule has 3 heterocycles. The molecule has 1 aliphatic heterocycles. The molecule has 8 heteroatoms. The molecule has 8 nitrogen and oxygen atoms in total. The number of nitrogens with zero attached hydrogens (tertiary/aromatic N) is 5. The SMILES string of the molecule is CN1CCC(=O)NCCCc2cc(ccn2)-c2ncnc(n2)Nc2cccc(c2)C1. The number of rotatable bonds is 0. The van der Waals surface area contributed by atoms with Crippen molar-refractivity contribution in [3.05, 3.63) is 60.2 Å². The van der Waals surface area contributed by atoms with Crippen LogP contribution in [0.5, 0.6) is 0 Å². The van der Waals surface area contributed by atoms with E-state index in [1.165, 1.54) is 6.33 Å². The van der Waals surface area contributed by atoms with Gasteiger partial charge < -0.3 is 15.5 Å². The van der Waals surface area contributed by atoms with Crippen LogP contribution < -0.4 is 10.6 Å². The Morgan fingerprint density at radius 2 is 2.00 bits per heavy atom. The number of carbonyl (C=O) groups is 1. The quantitative estimate of drug-likeness (QED) is 0.595. The maximum Gasteiger partial charge on any atom is 0.230 e. The van der Waals surface area contributed by atoms with Crippen LogP contribution in [0.3, 0.4) is 0 Å². The number of anilines is 2. The highest BCUT2D eigenvalue weighted by atomic mass is 16.1. The van der Waals surface area contributed by atoms with E-state index in [4.69, 9.17) is 0 Å². The largest absolute Gasteiger partial charge is 0.356 e. The van der Waals surface area contributed by atoms with Gasteiger partial charge in [-0.25, -0.2) is 9.97 Å². The fraction of sp³-hybridized carbons (Fsp3) is 0.318. The van der Waals surface area contributed by atoms with Crippen LogP contribution in [0.4, 0.5) is 11.6 Å². The molecule has 2 N–H and O–H groups in total. The molecule has 4 rings (SSSR count). The summed E-state index contributed by atoms with van der Waals surface area (Å²) in [5.41, 5.74) is 3.89. The van der Waals surface area contributed by atoms with Gasteiger partial charge in [-0.3, -0.25) is 9.78 Å². The number of aryl methyl sites for hydroxylation is 1. The standard InChI is InChI=1S/C22H25N7O/c1-29-11-8-20(30)24-9-3-6-18-13-17(7-10-23-18)21-25-15-26-22(28-21)27-19-5-2-4-16(12-19)14-29/h2,4-5,7,10,12-13,15H,3,6,8-9,11,14H2,1H3,(H,24,30)(H,25,26,27,28). The van der Waals surface area contributed by atoms with Crippen molar-refractivity contribution in [3.63, 3.8) is 0 Å². The van der Waals surface area contributed by atoms with Crippen LogP contribution in [0.2, 0.25) is 0 Å². The van der Waals surface area contributed by atoms with Crippen molar-refractivity contribution >= 4 is 17.5 Å². The number of aromatic nitrogens is 4. The number of nitrogens with one attached hydrogen (secondary N) is 2. The Morgan fingerprint density at radius 1 is 1.07 bits per heavy atom. The summed E-state index contributed by atoms with van der Waals surface area (Å²) in [5, 5.41) is 6.27. The second kappa shape index (κ2) is 9.41. The van der Waals surface area contributed by atoms with Gasteiger partial charge in [-0.2, -0.15) is 4.98 Å². The Kier molecular flexibility index (Phi) is 6.24. The summed E-state index contributed by atoms with van der Waals surface area (Å²) in [6.07, 6.45) is 5.36. The summed E-state index contributed by atoms with van der Waals surface area (Å²) in [6.45, 7) is 2.09. The minimum Gasteiger partial charge on any atom is -0.356 e. The van der Waals surface area contributed by atoms with Crippen LogP contribution in [0.1, 0.15) is 24.1 Å². The van der Waals surface area contributed by atoms with Crippen molar-refractivity contribution in [2.75, 3.05) is 25.5 Å². The van der Waals surface area contributed by atoms with Gasteiger partial charge >= 0.3 is 0 Å². The fourth-order valence-electron chi connectivity index (χ4n) is 3.39. The van der Waals surface area contributed by atoms with Crippen molar-refractivity contribution in [1.29, 1.82) is 0 Å². The van der Waals surface area contributed by atoms with E-state index in [0.29, 0.717) is 31.3 Å². The van der Waals surface area contributed by atoms with Crippen LogP contribution in [-0.2, 0) is 17.8 Å². The lowest BCUT2D eigenvalue weighted by Gasteiger charge is -2.17. The topological polar surface area (TPSA) is 95.9 Å². The number of hydrogen-bond donors (Lipinski definition) is 2. The molecule has 0 atom stereocenters. The molecule has 0 saturated carbocycles. The van der Waals surface area contributed by atoms with E-state index in [-0.39, 0.29) is 5.91 Å². The zero-order chi connectivity index (χ0) is 20.8. The monoisotopic (exact) mass is 403 g/mol. The first-order valence-electron chi connectivity index (χ1n) is 10.1. The van der Waals surface area contributed by atoms with Crippen molar-refractivity contribution in [3.8, 4) is 11.4 Å². The second-order valence-electron chi connectivity index (χ2n) is 7.44. The number of carbonyl (C=O) groups excluding carboxylic acids is 1. The Bertz CT molecular complexity index is 1020. The third-order valence-electron chi connectivity index (χ3n) is 4.93. The van der Waals surface area contributed by atoms with Crippen molar-refractivity contribution < 1.29 is 4.79 Å². The minimum absolute atomic E-state index is 0.0763. The van der Waals surface area contributed by atoms with Gasteiger partial charge in [0.15, 0.2) is 5.82 Å². The smallest absolute Gasteiger partial charge is 0.230 e. The predicted molar refractivity (Wildman–Crippen MR) is 115 cm³/mol. The molecule has 30 heavy (non-hydrogen) atoms. The molecule has 0 fully saturated rings. The van der Waals surface area contributed by atoms with Crippen LogP contribution in [0.15, 0.2) is 48.9 Å². The summed E-state index contributed by atoms with van der Waals surface area (Å²) >= 11 is 0. The molecule has 3 aromatic rings. The van der Waals surface area contributed by atoms with Gasteiger partial charge in [-0.15, -0.1) is 0 Å². The van der Waals surface area contributed by atoms with Crippen molar-refractivity contribution in [1.82, 2.24) is 30.2 Å². The summed E-state index contributed by atoms with van der Waals surface area (Å²) < 4.78 is 0. The first-order valence-corrected chi connectivity index (χ1v) is 10.1. The minimum atomic E-state index is 0.0763. The number of fused-ring (bicyclic) bond motifs is 7. The van der Waals surface area contributed by atoms with Gasteiger partial charge in [0.2, 0.25) is 11.9 Å². The van der Waals surface area contributed by atoms with Crippen LogP contribution in [0, 0.1) is 0 Å². The molecule has 154 valence electrons. The summed E-state index contributed by atoms with van der Waals surface area (Å²) in [4.78, 5) is 31.9. The maximum atomic E-state index is 12.1. The highest BCUT2D eigenvalue weighted by molar-refractivity contribution is 5.76. The van der Waals surface area contributed by atoms with Gasteiger partial charge in [0.05, 0.1) is 0 Å². The summed E-state index contributed by atoms with van der Waals surface area (Å²) in [5.74, 6) is 1.17. The van der Waals surface area contributed by atoms with Crippen LogP contribution in [-0.4, -0.2) is 50.9 Å². The zero-order valence-electron chi connectivity index (χ0n) is 17.0. The lowest BCUT2D eigenvalue weighted by atomic mass is 10.1. The number of benzene rings is 1. The molecular formula is C22H25N7O. The Balaban J connectivity index is 1.63. The molecule has 0 spiro atoms. The second-order valence-corrected chi connectivity index (χ2v) is 7.44. The normalized spacial score (nSPS) is 15.8. The highest BCUT2D eigenvalue weighted by Gasteiger charge is 2.09. The molecule has 0 radical (unpaired) electrons. The third kappa shape index (κ3) is 5.36. The van der Waals surface area contributed by atoms with Crippen molar-refractivity contribution in [2.45, 2.75) is 25.8 Å². The molecule has 6 bridgehead atoms. The van der Waals surface area contributed by atoms with Gasteiger partial charge in [-0.05, 0) is 49.7 Å². The van der Waals surface area contributed by atoms with Gasteiger partial charge in [-0.1, -0.05) is 12.1 Å². The molecule has 1 amide bonds. The third-order valence-corrected chi connectivity index (χ3v) is 4.93. The zero-order valence-corrected chi connectivity index (χ0v) is 17.0. The van der Waals surface area contributed by atoms with Gasteiger partial charge in [0.1, 0.15) is 6.33 Å². The van der Waals surface area contributed by atoms with Gasteiger partial charge in [0.25, 0.3) is 0 Å². The van der Waals surface area contributed by atoms with E-state index in [0.717, 1.165) is 41.9 Å². The fourth-order valence-corrected chi connectivity index (χ4v) is 3.39. The number of hydrogen-bond acceptors (Lipinski definition) is 7. The molecule has 0 aliphatic carbocycles. The molecule has 0 unspecified atom stereocenters. The van der Waals surface area contributed by atoms with E-state index >= 15 is 0 Å². The average Bonchev–Trinajstić information content (AvgIpc) is 2.75. The summed E-state index contributed by atoms with van der Waals surface area (Å²) in [6, 6.07) is 12.0. The van der Waals surface area contributed by atoms with Crippen LogP contribution in [0.25, 0.3) is 11.4 Å². The van der Waals surface area contributed by atoms with Gasteiger partial charge in [0, 0.05) is 49.2 Å². The molecule has 0 saturated heterocycles. The van der Waals surface area contributed by atoms with E-state index < -0.39 is 0 Å². The Labute approximate surface area is 175 Å². The molecule has 2 aromatic heterocycles. The molecular weight excluding hydrogens is 378 g/mol. The van der Waals surface area contributed by atoms with Crippen LogP contribution >= 0.6 is 0 Å². The first kappa shape index (κ1) is 19.9. The average molecular weight is 403 g/mol. The van der Waals surface area contributed by atoms with Crippen molar-refractivity contribution in [2.24, 2.45) is 0 Å². The van der Waals surface area contributed by atoms with E-state index in [9.17, 15) is 4.79 Å². The number of pyridine rings is 1. The lowest BCUT2D eigenvalue weighted by Crippen LogP contribution is -2.29. The summed E-state index contributed by atoms with van der Waals surface area (Å²) in [7, 11) is 2.02. The first-order chi connectivity index (χ1) is 14.7. The highest BCUT2D eigenvalue weighted by Crippen LogP contribution is 2.19. The Hall–Kier alpha value is -3.39. The lowest BCUT2D eigenvalue weighted by molar-refractivity contribution is -0.121. The molecule has 1 aliphatic rings. The maximum absolute atomic E-state index is 12.1. The Morgan fingerprint density at radius 3 is 2.93 bits per heavy atom. The van der Waals surface area contributed by atoms with E-state index in [2.05, 4.69) is 47.6 Å². The predicted octanol–water partition coefficient (Wildman–Crippen LogP) is 2.56.